The normalized spacial score (nSPS) is 11.2. The molecule has 9 heteroatoms. The van der Waals surface area contributed by atoms with Gasteiger partial charge in [-0.1, -0.05) is 6.92 Å². The fourth-order valence-corrected chi connectivity index (χ4v) is 2.09. The van der Waals surface area contributed by atoms with Gasteiger partial charge in [0.2, 0.25) is 10.0 Å². The van der Waals surface area contributed by atoms with Gasteiger partial charge in [0.15, 0.2) is 0 Å². The first-order chi connectivity index (χ1) is 8.07. The Bertz CT molecular complexity index is 449. The highest BCUT2D eigenvalue weighted by atomic mass is 32.2. The van der Waals surface area contributed by atoms with Gasteiger partial charge in [-0.2, -0.15) is 0 Å². The predicted molar refractivity (Wildman–Crippen MR) is 65.8 cm³/mol. The van der Waals surface area contributed by atoms with Crippen LogP contribution in [0.4, 0.5) is 11.6 Å². The summed E-state index contributed by atoms with van der Waals surface area (Å²) in [6, 6.07) is 1.58. The maximum Gasteiger partial charge on any atom is 0.213 e. The lowest BCUT2D eigenvalue weighted by molar-refractivity contribution is 0.584. The van der Waals surface area contributed by atoms with Crippen molar-refractivity contribution in [2.75, 3.05) is 29.6 Å². The van der Waals surface area contributed by atoms with Crippen LogP contribution in [0.25, 0.3) is 0 Å². The first kappa shape index (κ1) is 13.6. The summed E-state index contributed by atoms with van der Waals surface area (Å²) in [5.74, 6) is 6.13. The molecule has 0 fully saturated rings. The third-order valence-electron chi connectivity index (χ3n) is 1.86. The van der Waals surface area contributed by atoms with Gasteiger partial charge in [-0.15, -0.1) is 0 Å². The number of nitrogens with one attached hydrogen (secondary N) is 3. The zero-order valence-corrected chi connectivity index (χ0v) is 10.3. The molecule has 0 saturated carbocycles. The average Bonchev–Trinajstić information content (AvgIpc) is 2.29. The molecule has 0 aromatic carbocycles. The Morgan fingerprint density at radius 3 is 2.71 bits per heavy atom. The van der Waals surface area contributed by atoms with Gasteiger partial charge < -0.3 is 10.7 Å². The van der Waals surface area contributed by atoms with Crippen molar-refractivity contribution < 1.29 is 8.42 Å². The highest BCUT2D eigenvalue weighted by molar-refractivity contribution is 7.89. The standard InChI is InChI=1S/C8H16N6O2S/c1-2-13-17(15,16)4-3-10-7-5-8(14-9)12-6-11-7/h5-6,13H,2-4,9H2,1H3,(H2,10,11,12,14). The summed E-state index contributed by atoms with van der Waals surface area (Å²) >= 11 is 0. The highest BCUT2D eigenvalue weighted by Gasteiger charge is 2.07. The molecule has 96 valence electrons. The van der Waals surface area contributed by atoms with E-state index in [0.717, 1.165) is 0 Å². The van der Waals surface area contributed by atoms with E-state index in [1.165, 1.54) is 6.33 Å². The monoisotopic (exact) mass is 260 g/mol. The van der Waals surface area contributed by atoms with Crippen molar-refractivity contribution in [2.45, 2.75) is 6.92 Å². The van der Waals surface area contributed by atoms with E-state index in [4.69, 9.17) is 5.84 Å². The van der Waals surface area contributed by atoms with Gasteiger partial charge in [0, 0.05) is 19.2 Å². The molecule has 0 aliphatic carbocycles. The van der Waals surface area contributed by atoms with Crippen molar-refractivity contribution in [3.8, 4) is 0 Å². The second kappa shape index (κ2) is 6.33. The van der Waals surface area contributed by atoms with E-state index in [-0.39, 0.29) is 12.3 Å². The van der Waals surface area contributed by atoms with E-state index in [9.17, 15) is 8.42 Å². The number of nitrogens with two attached hydrogens (primary N) is 1. The van der Waals surface area contributed by atoms with E-state index in [0.29, 0.717) is 18.2 Å². The Morgan fingerprint density at radius 1 is 1.35 bits per heavy atom. The number of hydrazine groups is 1. The van der Waals surface area contributed by atoms with Crippen LogP contribution in [0.2, 0.25) is 0 Å². The van der Waals surface area contributed by atoms with Crippen LogP contribution in [-0.4, -0.2) is 37.2 Å². The molecule has 0 spiro atoms. The molecule has 0 saturated heterocycles. The minimum absolute atomic E-state index is 0.0176. The van der Waals surface area contributed by atoms with Gasteiger partial charge in [-0.3, -0.25) is 0 Å². The Hall–Kier alpha value is -1.45. The molecular formula is C8H16N6O2S. The molecule has 0 amide bonds. The Balaban J connectivity index is 2.45. The molecule has 1 aromatic rings. The van der Waals surface area contributed by atoms with E-state index in [2.05, 4.69) is 25.4 Å². The molecule has 8 nitrogen and oxygen atoms in total. The smallest absolute Gasteiger partial charge is 0.213 e. The van der Waals surface area contributed by atoms with E-state index >= 15 is 0 Å². The van der Waals surface area contributed by atoms with Crippen LogP contribution in [0.5, 0.6) is 0 Å². The van der Waals surface area contributed by atoms with Crippen LogP contribution >= 0.6 is 0 Å². The average molecular weight is 260 g/mol. The third kappa shape index (κ3) is 4.93. The summed E-state index contributed by atoms with van der Waals surface area (Å²) in [5, 5.41) is 2.87. The van der Waals surface area contributed by atoms with Crippen molar-refractivity contribution in [3.05, 3.63) is 12.4 Å². The molecule has 1 rings (SSSR count). The van der Waals surface area contributed by atoms with Gasteiger partial charge in [-0.25, -0.2) is 29.0 Å². The Morgan fingerprint density at radius 2 is 2.06 bits per heavy atom. The Kier molecular flexibility index (Phi) is 5.07. The molecule has 0 atom stereocenters. The molecule has 1 heterocycles. The number of aromatic nitrogens is 2. The van der Waals surface area contributed by atoms with E-state index in [1.807, 2.05) is 0 Å². The lowest BCUT2D eigenvalue weighted by Gasteiger charge is -2.07. The lowest BCUT2D eigenvalue weighted by Crippen LogP contribution is -2.29. The zero-order chi connectivity index (χ0) is 12.7. The van der Waals surface area contributed by atoms with Crippen LogP contribution in [-0.2, 0) is 10.0 Å². The maximum absolute atomic E-state index is 11.3. The first-order valence-corrected chi connectivity index (χ1v) is 6.72. The van der Waals surface area contributed by atoms with E-state index < -0.39 is 10.0 Å². The number of hydrogen-bond acceptors (Lipinski definition) is 7. The van der Waals surface area contributed by atoms with Crippen LogP contribution < -0.4 is 21.3 Å². The van der Waals surface area contributed by atoms with Gasteiger partial charge in [-0.05, 0) is 0 Å². The van der Waals surface area contributed by atoms with Crippen molar-refractivity contribution in [3.63, 3.8) is 0 Å². The number of hydrogen-bond donors (Lipinski definition) is 4. The molecule has 17 heavy (non-hydrogen) atoms. The van der Waals surface area contributed by atoms with E-state index in [1.54, 1.807) is 13.0 Å². The second-order valence-corrected chi connectivity index (χ2v) is 5.10. The summed E-state index contributed by atoms with van der Waals surface area (Å²) in [5.41, 5.74) is 2.37. The number of anilines is 2. The molecule has 0 radical (unpaired) electrons. The SMILES string of the molecule is CCNS(=O)(=O)CCNc1cc(NN)ncn1. The molecule has 0 aliphatic rings. The summed E-state index contributed by atoms with van der Waals surface area (Å²) in [6.45, 7) is 2.38. The number of nitrogens with zero attached hydrogens (tertiary/aromatic N) is 2. The summed E-state index contributed by atoms with van der Waals surface area (Å²) < 4.78 is 25.1. The van der Waals surface area contributed by atoms with Crippen molar-refractivity contribution >= 4 is 21.7 Å². The topological polar surface area (TPSA) is 122 Å². The molecule has 5 N–H and O–H groups in total. The number of nitrogen functional groups attached to an aromatic ring is 1. The molecule has 0 unspecified atom stereocenters. The largest absolute Gasteiger partial charge is 0.369 e. The Labute approximate surface area is 100 Å². The zero-order valence-electron chi connectivity index (χ0n) is 9.47. The highest BCUT2D eigenvalue weighted by Crippen LogP contribution is 2.06. The molecular weight excluding hydrogens is 244 g/mol. The van der Waals surface area contributed by atoms with Gasteiger partial charge in [0.05, 0.1) is 5.75 Å². The van der Waals surface area contributed by atoms with Gasteiger partial charge in [0.25, 0.3) is 0 Å². The minimum atomic E-state index is -3.21. The molecule has 0 aliphatic heterocycles. The van der Waals surface area contributed by atoms with Crippen LogP contribution in [0.3, 0.4) is 0 Å². The predicted octanol–water partition coefficient (Wildman–Crippen LogP) is -0.887. The third-order valence-corrected chi connectivity index (χ3v) is 3.33. The van der Waals surface area contributed by atoms with Crippen LogP contribution in [0.1, 0.15) is 6.92 Å². The lowest BCUT2D eigenvalue weighted by atomic mass is 10.5. The molecule has 1 aromatic heterocycles. The maximum atomic E-state index is 11.3. The number of rotatable bonds is 7. The summed E-state index contributed by atoms with van der Waals surface area (Å²) in [7, 11) is -3.21. The summed E-state index contributed by atoms with van der Waals surface area (Å²) in [6.07, 6.45) is 1.33. The van der Waals surface area contributed by atoms with Crippen LogP contribution in [0, 0.1) is 0 Å². The quantitative estimate of drug-likeness (QED) is 0.370. The van der Waals surface area contributed by atoms with Crippen molar-refractivity contribution in [1.82, 2.24) is 14.7 Å². The second-order valence-electron chi connectivity index (χ2n) is 3.18. The van der Waals surface area contributed by atoms with Gasteiger partial charge in [0.1, 0.15) is 18.0 Å². The van der Waals surface area contributed by atoms with Crippen LogP contribution in [0.15, 0.2) is 12.4 Å². The van der Waals surface area contributed by atoms with Crippen molar-refractivity contribution in [1.29, 1.82) is 0 Å². The fourth-order valence-electron chi connectivity index (χ4n) is 1.14. The number of sulfonamides is 1. The fraction of sp³-hybridized carbons (Fsp3) is 0.500. The van der Waals surface area contributed by atoms with Crippen molar-refractivity contribution in [2.24, 2.45) is 5.84 Å². The van der Waals surface area contributed by atoms with Gasteiger partial charge >= 0.3 is 0 Å². The molecule has 0 bridgehead atoms. The summed E-state index contributed by atoms with van der Waals surface area (Å²) in [4.78, 5) is 7.75. The minimum Gasteiger partial charge on any atom is -0.369 e. The first-order valence-electron chi connectivity index (χ1n) is 5.07.